The Labute approximate surface area is 52.7 Å². The third kappa shape index (κ3) is 1.52. The van der Waals surface area contributed by atoms with Crippen molar-refractivity contribution in [2.45, 2.75) is 0 Å². The highest BCUT2D eigenvalue weighted by atomic mass is 16.4. The molecular formula is C5H6BO3+. The minimum absolute atomic E-state index is 0.359. The summed E-state index contributed by atoms with van der Waals surface area (Å²) in [6, 6.07) is 3.16. The van der Waals surface area contributed by atoms with Crippen molar-refractivity contribution in [1.82, 2.24) is 0 Å². The van der Waals surface area contributed by atoms with Crippen LogP contribution in [0, 0.1) is 0 Å². The van der Waals surface area contributed by atoms with E-state index in [9.17, 15) is 0 Å². The molecule has 1 aromatic heterocycles. The topological polar surface area (TPSA) is 51.8 Å². The van der Waals surface area contributed by atoms with Crippen LogP contribution in [0.2, 0.25) is 0 Å². The van der Waals surface area contributed by atoms with Gasteiger partial charge in [0.15, 0.2) is 0 Å². The van der Waals surface area contributed by atoms with E-state index in [-0.39, 0.29) is 0 Å². The van der Waals surface area contributed by atoms with Crippen LogP contribution in [0.3, 0.4) is 0 Å². The Kier molecular flexibility index (Phi) is 1.82. The molecule has 0 aliphatic rings. The molecule has 0 saturated carbocycles. The fraction of sp³-hybridized carbons (Fsp3) is 0. The molecule has 0 aliphatic heterocycles. The second kappa shape index (κ2) is 2.61. The van der Waals surface area contributed by atoms with E-state index in [2.05, 4.69) is 4.42 Å². The smallest absolute Gasteiger partial charge is 0.423 e. The fourth-order valence-corrected chi connectivity index (χ4v) is 0.500. The monoisotopic (exact) mass is 125 g/mol. The van der Waals surface area contributed by atoms with Gasteiger partial charge in [-0.15, -0.1) is 0 Å². The molecule has 3 nitrogen and oxygen atoms in total. The van der Waals surface area contributed by atoms with E-state index in [0.29, 0.717) is 5.46 Å². The lowest BCUT2D eigenvalue weighted by Gasteiger charge is -1.87. The Bertz CT molecular complexity index is 175. The largest absolute Gasteiger partial charge is 0.497 e. The van der Waals surface area contributed by atoms with E-state index in [1.54, 1.807) is 12.1 Å². The average Bonchev–Trinajstić information content (AvgIpc) is 1.90. The van der Waals surface area contributed by atoms with E-state index in [4.69, 9.17) is 10.0 Å². The maximum Gasteiger partial charge on any atom is 0.497 e. The summed E-state index contributed by atoms with van der Waals surface area (Å²) in [7, 11) is -1.44. The highest BCUT2D eigenvalue weighted by Crippen LogP contribution is 1.81. The van der Waals surface area contributed by atoms with E-state index < -0.39 is 7.12 Å². The van der Waals surface area contributed by atoms with Crippen molar-refractivity contribution < 1.29 is 14.5 Å². The van der Waals surface area contributed by atoms with E-state index in [1.165, 1.54) is 12.5 Å². The second-order valence-electron chi connectivity index (χ2n) is 1.62. The zero-order valence-electron chi connectivity index (χ0n) is 4.69. The average molecular weight is 125 g/mol. The van der Waals surface area contributed by atoms with Crippen molar-refractivity contribution >= 4 is 12.6 Å². The highest BCUT2D eigenvalue weighted by Gasteiger charge is 2.13. The van der Waals surface area contributed by atoms with Crippen molar-refractivity contribution in [3.05, 3.63) is 24.7 Å². The van der Waals surface area contributed by atoms with Crippen molar-refractivity contribution in [2.75, 3.05) is 0 Å². The van der Waals surface area contributed by atoms with Crippen LogP contribution >= 0.6 is 0 Å². The minimum atomic E-state index is -1.44. The van der Waals surface area contributed by atoms with Gasteiger partial charge in [0.2, 0.25) is 0 Å². The molecule has 46 valence electrons. The molecule has 0 aliphatic carbocycles. The molecule has 0 aromatic carbocycles. The zero-order valence-corrected chi connectivity index (χ0v) is 4.69. The lowest BCUT2D eigenvalue weighted by Crippen LogP contribution is -2.29. The summed E-state index contributed by atoms with van der Waals surface area (Å²) in [5.41, 5.74) is 0.359. The number of hydrogen-bond acceptors (Lipinski definition) is 2. The van der Waals surface area contributed by atoms with Gasteiger partial charge in [0.25, 0.3) is 0 Å². The Morgan fingerprint density at radius 1 is 1.44 bits per heavy atom. The number of hydrogen-bond donors (Lipinski definition) is 2. The number of rotatable bonds is 1. The maximum absolute atomic E-state index is 8.52. The Morgan fingerprint density at radius 2 is 2.22 bits per heavy atom. The molecule has 0 atom stereocenters. The molecule has 0 radical (unpaired) electrons. The summed E-state index contributed by atoms with van der Waals surface area (Å²) in [5, 5.41) is 17.0. The summed E-state index contributed by atoms with van der Waals surface area (Å²) in [4.78, 5) is 0. The minimum Gasteiger partial charge on any atom is -0.423 e. The van der Waals surface area contributed by atoms with Crippen LogP contribution in [-0.4, -0.2) is 17.2 Å². The normalized spacial score (nSPS) is 9.11. The first-order chi connectivity index (χ1) is 4.30. The molecule has 2 N–H and O–H groups in total. The molecule has 1 aromatic rings. The van der Waals surface area contributed by atoms with Crippen molar-refractivity contribution in [3.8, 4) is 0 Å². The van der Waals surface area contributed by atoms with Crippen LogP contribution < -0.4 is 5.46 Å². The summed E-state index contributed by atoms with van der Waals surface area (Å²) >= 11 is 0. The molecule has 0 spiro atoms. The van der Waals surface area contributed by atoms with Crippen LogP contribution in [0.4, 0.5) is 0 Å². The van der Waals surface area contributed by atoms with Crippen molar-refractivity contribution in [3.63, 3.8) is 0 Å². The van der Waals surface area contributed by atoms with Gasteiger partial charge in [-0.2, -0.15) is 0 Å². The predicted molar refractivity (Wildman–Crippen MR) is 32.9 cm³/mol. The summed E-state index contributed by atoms with van der Waals surface area (Å²) < 4.78 is 4.65. The lowest BCUT2D eigenvalue weighted by molar-refractivity contribution is 0.423. The van der Waals surface area contributed by atoms with Gasteiger partial charge in [-0.3, -0.25) is 0 Å². The highest BCUT2D eigenvalue weighted by molar-refractivity contribution is 6.58. The molecular weight excluding hydrogens is 119 g/mol. The van der Waals surface area contributed by atoms with E-state index in [1.807, 2.05) is 0 Å². The molecule has 0 amide bonds. The molecule has 9 heavy (non-hydrogen) atoms. The SMILES string of the molecule is OB(O)c1ccc[o+]c1. The van der Waals surface area contributed by atoms with Gasteiger partial charge in [0.1, 0.15) is 0 Å². The van der Waals surface area contributed by atoms with Gasteiger partial charge < -0.3 is 10.0 Å². The lowest BCUT2D eigenvalue weighted by atomic mass is 9.82. The standard InChI is InChI=1S/C5H6BO3/c7-6(8)5-2-1-3-9-4-5/h1-4,7-8H/q+1. The predicted octanol–water partition coefficient (Wildman–Crippen LogP) is -0.760. The van der Waals surface area contributed by atoms with Crippen LogP contribution in [0.5, 0.6) is 0 Å². The molecule has 4 heteroatoms. The first kappa shape index (κ1) is 6.26. The first-order valence-corrected chi connectivity index (χ1v) is 2.52. The molecule has 1 rings (SSSR count). The van der Waals surface area contributed by atoms with Crippen LogP contribution in [0.1, 0.15) is 0 Å². The van der Waals surface area contributed by atoms with E-state index in [0.717, 1.165) is 0 Å². The zero-order chi connectivity index (χ0) is 6.69. The fourth-order valence-electron chi connectivity index (χ4n) is 0.500. The third-order valence-corrected chi connectivity index (χ3v) is 0.948. The Balaban J connectivity index is 2.85. The first-order valence-electron chi connectivity index (χ1n) is 2.52. The summed E-state index contributed by atoms with van der Waals surface area (Å²) in [5.74, 6) is 0. The summed E-state index contributed by atoms with van der Waals surface area (Å²) in [6.07, 6.45) is 2.73. The quantitative estimate of drug-likeness (QED) is 0.383. The van der Waals surface area contributed by atoms with E-state index >= 15 is 0 Å². The second-order valence-corrected chi connectivity index (χ2v) is 1.62. The molecule has 0 bridgehead atoms. The van der Waals surface area contributed by atoms with Gasteiger partial charge >= 0.3 is 19.6 Å². The van der Waals surface area contributed by atoms with Gasteiger partial charge in [-0.1, -0.05) is 0 Å². The molecule has 1 heterocycles. The third-order valence-electron chi connectivity index (χ3n) is 0.948. The van der Waals surface area contributed by atoms with Gasteiger partial charge in [0, 0.05) is 6.07 Å². The molecule has 0 unspecified atom stereocenters. The van der Waals surface area contributed by atoms with Crippen LogP contribution in [0.15, 0.2) is 29.1 Å². The van der Waals surface area contributed by atoms with Crippen molar-refractivity contribution in [2.24, 2.45) is 0 Å². The van der Waals surface area contributed by atoms with Gasteiger partial charge in [-0.05, 0) is 6.07 Å². The summed E-state index contributed by atoms with van der Waals surface area (Å²) in [6.45, 7) is 0. The Morgan fingerprint density at radius 3 is 2.56 bits per heavy atom. The molecule has 0 fully saturated rings. The van der Waals surface area contributed by atoms with Crippen LogP contribution in [0.25, 0.3) is 0 Å². The Hall–Kier alpha value is -0.865. The molecule has 0 saturated heterocycles. The van der Waals surface area contributed by atoms with Crippen molar-refractivity contribution in [1.29, 1.82) is 0 Å². The van der Waals surface area contributed by atoms with Gasteiger partial charge in [-0.25, -0.2) is 4.42 Å². The van der Waals surface area contributed by atoms with Gasteiger partial charge in [0.05, 0.1) is 5.46 Å². The van der Waals surface area contributed by atoms with Crippen LogP contribution in [-0.2, 0) is 0 Å². The maximum atomic E-state index is 8.52.